The first-order valence-corrected chi connectivity index (χ1v) is 7.67. The number of nitrogens with one attached hydrogen (secondary N) is 2. The summed E-state index contributed by atoms with van der Waals surface area (Å²) >= 11 is 0. The van der Waals surface area contributed by atoms with Crippen molar-refractivity contribution < 1.29 is 4.74 Å². The fourth-order valence-electron chi connectivity index (χ4n) is 2.65. The van der Waals surface area contributed by atoms with Crippen LogP contribution in [0.3, 0.4) is 0 Å². The number of pyridine rings is 1. The van der Waals surface area contributed by atoms with E-state index in [-0.39, 0.29) is 24.0 Å². The van der Waals surface area contributed by atoms with Crippen molar-refractivity contribution in [2.24, 2.45) is 10.9 Å². The Morgan fingerprint density at radius 3 is 2.73 bits per heavy atom. The smallest absolute Gasteiger partial charge is 0.213 e. The molecular formula is C16H27IN4O. The Kier molecular flexibility index (Phi) is 8.52. The highest BCUT2D eigenvalue weighted by Crippen LogP contribution is 2.23. The number of halogens is 1. The van der Waals surface area contributed by atoms with Crippen molar-refractivity contribution >= 4 is 29.9 Å². The molecule has 2 rings (SSSR count). The number of aromatic nitrogens is 1. The molecule has 1 aromatic rings. The van der Waals surface area contributed by atoms with E-state index in [2.05, 4.69) is 27.5 Å². The third kappa shape index (κ3) is 5.98. The number of nitrogens with zero attached hydrogens (tertiary/aromatic N) is 2. The quantitative estimate of drug-likeness (QED) is 0.449. The van der Waals surface area contributed by atoms with E-state index in [9.17, 15) is 0 Å². The number of ether oxygens (including phenoxy) is 1. The average Bonchev–Trinajstić information content (AvgIpc) is 2.53. The van der Waals surface area contributed by atoms with E-state index in [1.54, 1.807) is 13.3 Å². The summed E-state index contributed by atoms with van der Waals surface area (Å²) in [7, 11) is 3.44. The molecule has 0 atom stereocenters. The van der Waals surface area contributed by atoms with Gasteiger partial charge in [0.1, 0.15) is 0 Å². The first-order valence-electron chi connectivity index (χ1n) is 7.67. The molecule has 1 aliphatic carbocycles. The van der Waals surface area contributed by atoms with Gasteiger partial charge >= 0.3 is 0 Å². The summed E-state index contributed by atoms with van der Waals surface area (Å²) in [6, 6.07) is 4.45. The predicted octanol–water partition coefficient (Wildman–Crippen LogP) is 2.95. The molecule has 1 aliphatic rings. The number of hydrogen-bond acceptors (Lipinski definition) is 3. The molecule has 1 aromatic heterocycles. The lowest BCUT2D eigenvalue weighted by molar-refractivity contribution is 0.329. The molecule has 0 aliphatic heterocycles. The summed E-state index contributed by atoms with van der Waals surface area (Å²) in [4.78, 5) is 8.42. The lowest BCUT2D eigenvalue weighted by atomic mass is 9.87. The second-order valence-corrected chi connectivity index (χ2v) is 5.73. The van der Waals surface area contributed by atoms with Gasteiger partial charge in [0.05, 0.1) is 7.11 Å². The van der Waals surface area contributed by atoms with Crippen LogP contribution in [0.15, 0.2) is 23.3 Å². The van der Waals surface area contributed by atoms with Gasteiger partial charge in [0.25, 0.3) is 0 Å². The van der Waals surface area contributed by atoms with Crippen LogP contribution in [0.4, 0.5) is 0 Å². The van der Waals surface area contributed by atoms with Gasteiger partial charge in [-0.3, -0.25) is 4.99 Å². The third-order valence-corrected chi connectivity index (χ3v) is 4.05. The van der Waals surface area contributed by atoms with E-state index in [0.29, 0.717) is 18.5 Å². The Morgan fingerprint density at radius 1 is 1.36 bits per heavy atom. The monoisotopic (exact) mass is 418 g/mol. The number of guanidine groups is 1. The largest absolute Gasteiger partial charge is 0.481 e. The van der Waals surface area contributed by atoms with Gasteiger partial charge < -0.3 is 15.4 Å². The lowest BCUT2D eigenvalue weighted by Crippen LogP contribution is -2.44. The first kappa shape index (κ1) is 19.0. The van der Waals surface area contributed by atoms with Gasteiger partial charge in [-0.25, -0.2) is 4.98 Å². The van der Waals surface area contributed by atoms with E-state index in [0.717, 1.165) is 17.4 Å². The minimum Gasteiger partial charge on any atom is -0.481 e. The molecule has 6 heteroatoms. The lowest BCUT2D eigenvalue weighted by Gasteiger charge is -2.28. The minimum atomic E-state index is 0. The van der Waals surface area contributed by atoms with Crippen LogP contribution < -0.4 is 15.4 Å². The molecule has 124 valence electrons. The summed E-state index contributed by atoms with van der Waals surface area (Å²) in [5, 5.41) is 6.87. The summed E-state index contributed by atoms with van der Waals surface area (Å²) in [6.45, 7) is 3.04. The van der Waals surface area contributed by atoms with Crippen LogP contribution in [-0.4, -0.2) is 31.1 Å². The van der Waals surface area contributed by atoms with Crippen LogP contribution in [0.5, 0.6) is 5.88 Å². The molecule has 0 spiro atoms. The standard InChI is InChI=1S/C16H26N4O.HI/c1-12-4-6-14(7-5-12)20-16(17-2)19-11-13-8-9-18-15(10-13)21-3;/h8-10,12,14H,4-7,11H2,1-3H3,(H2,17,19,20);1H. The Labute approximate surface area is 150 Å². The SMILES string of the molecule is CN=C(NCc1ccnc(OC)c1)NC1CCC(C)CC1.I. The molecule has 1 saturated carbocycles. The third-order valence-electron chi connectivity index (χ3n) is 4.05. The zero-order valence-electron chi connectivity index (χ0n) is 13.6. The number of rotatable bonds is 4. The average molecular weight is 418 g/mol. The Morgan fingerprint density at radius 2 is 2.09 bits per heavy atom. The van der Waals surface area contributed by atoms with Gasteiger partial charge in [-0.15, -0.1) is 24.0 Å². The molecule has 22 heavy (non-hydrogen) atoms. The highest BCUT2D eigenvalue weighted by atomic mass is 127. The van der Waals surface area contributed by atoms with Crippen molar-refractivity contribution in [2.45, 2.75) is 45.2 Å². The van der Waals surface area contributed by atoms with Gasteiger partial charge in [-0.2, -0.15) is 0 Å². The van der Waals surface area contributed by atoms with Gasteiger partial charge in [0, 0.05) is 31.9 Å². The van der Waals surface area contributed by atoms with Crippen LogP contribution in [-0.2, 0) is 6.54 Å². The number of methoxy groups -OCH3 is 1. The molecule has 0 bridgehead atoms. The second-order valence-electron chi connectivity index (χ2n) is 5.73. The topological polar surface area (TPSA) is 58.5 Å². The van der Waals surface area contributed by atoms with Crippen LogP contribution in [0.25, 0.3) is 0 Å². The molecule has 1 fully saturated rings. The summed E-state index contributed by atoms with van der Waals surface area (Å²) < 4.78 is 5.13. The molecular weight excluding hydrogens is 391 g/mol. The molecule has 0 radical (unpaired) electrons. The zero-order chi connectivity index (χ0) is 15.1. The van der Waals surface area contributed by atoms with Gasteiger partial charge in [0.15, 0.2) is 5.96 Å². The Balaban J connectivity index is 0.00000242. The maximum Gasteiger partial charge on any atom is 0.213 e. The molecule has 0 unspecified atom stereocenters. The van der Waals surface area contributed by atoms with E-state index < -0.39 is 0 Å². The van der Waals surface area contributed by atoms with E-state index >= 15 is 0 Å². The maximum atomic E-state index is 5.13. The number of aliphatic imine (C=N–C) groups is 1. The van der Waals surface area contributed by atoms with Crippen molar-refractivity contribution in [3.8, 4) is 5.88 Å². The van der Waals surface area contributed by atoms with E-state index in [4.69, 9.17) is 4.74 Å². The molecule has 1 heterocycles. The van der Waals surface area contributed by atoms with Crippen molar-refractivity contribution in [2.75, 3.05) is 14.2 Å². The highest BCUT2D eigenvalue weighted by molar-refractivity contribution is 14.0. The maximum absolute atomic E-state index is 5.13. The first-order chi connectivity index (χ1) is 10.2. The van der Waals surface area contributed by atoms with Crippen molar-refractivity contribution in [1.82, 2.24) is 15.6 Å². The van der Waals surface area contributed by atoms with Crippen molar-refractivity contribution in [3.05, 3.63) is 23.9 Å². The summed E-state index contributed by atoms with van der Waals surface area (Å²) in [5.41, 5.74) is 1.13. The fraction of sp³-hybridized carbons (Fsp3) is 0.625. The molecule has 0 aromatic carbocycles. The van der Waals surface area contributed by atoms with Crippen LogP contribution >= 0.6 is 24.0 Å². The van der Waals surface area contributed by atoms with Crippen LogP contribution in [0, 0.1) is 5.92 Å². The summed E-state index contributed by atoms with van der Waals surface area (Å²) in [6.07, 6.45) is 6.82. The Hall–Kier alpha value is -1.05. The van der Waals surface area contributed by atoms with Crippen LogP contribution in [0.1, 0.15) is 38.2 Å². The normalized spacial score (nSPS) is 21.7. The van der Waals surface area contributed by atoms with Crippen molar-refractivity contribution in [3.63, 3.8) is 0 Å². The molecule has 0 saturated heterocycles. The predicted molar refractivity (Wildman–Crippen MR) is 101 cm³/mol. The van der Waals surface area contributed by atoms with Crippen molar-refractivity contribution in [1.29, 1.82) is 0 Å². The van der Waals surface area contributed by atoms with E-state index in [1.165, 1.54) is 25.7 Å². The number of hydrogen-bond donors (Lipinski definition) is 2. The molecule has 5 nitrogen and oxygen atoms in total. The summed E-state index contributed by atoms with van der Waals surface area (Å²) in [5.74, 6) is 2.37. The van der Waals surface area contributed by atoms with Crippen LogP contribution in [0.2, 0.25) is 0 Å². The van der Waals surface area contributed by atoms with Gasteiger partial charge in [0.2, 0.25) is 5.88 Å². The molecule has 0 amide bonds. The fourth-order valence-corrected chi connectivity index (χ4v) is 2.65. The zero-order valence-corrected chi connectivity index (χ0v) is 16.0. The second kappa shape index (κ2) is 9.86. The Bertz CT molecular complexity index is 473. The van der Waals surface area contributed by atoms with Gasteiger partial charge in [-0.05, 0) is 43.2 Å². The van der Waals surface area contributed by atoms with Gasteiger partial charge in [-0.1, -0.05) is 6.92 Å². The minimum absolute atomic E-state index is 0. The highest BCUT2D eigenvalue weighted by Gasteiger charge is 2.18. The molecule has 2 N–H and O–H groups in total. The van der Waals surface area contributed by atoms with E-state index in [1.807, 2.05) is 19.2 Å².